The van der Waals surface area contributed by atoms with Crippen LogP contribution in [0.3, 0.4) is 0 Å². The summed E-state index contributed by atoms with van der Waals surface area (Å²) in [5, 5.41) is 3.92. The molecular weight excluding hydrogens is 403 g/mol. The number of nitrogens with one attached hydrogen (secondary N) is 1. The van der Waals surface area contributed by atoms with Crippen molar-refractivity contribution >= 4 is 41.1 Å². The number of hydrogen-bond acceptors (Lipinski definition) is 4. The Balaban J connectivity index is 1.89. The van der Waals surface area contributed by atoms with Crippen molar-refractivity contribution in [3.8, 4) is 11.5 Å². The molecule has 0 saturated heterocycles. The van der Waals surface area contributed by atoms with E-state index in [1.807, 2.05) is 12.1 Å². The second-order valence-corrected chi connectivity index (χ2v) is 6.69. The molecule has 2 aromatic carbocycles. The molecule has 8 heteroatoms. The summed E-state index contributed by atoms with van der Waals surface area (Å²) in [4.78, 5) is 22.8. The third-order valence-corrected chi connectivity index (χ3v) is 4.06. The van der Waals surface area contributed by atoms with E-state index in [2.05, 4.69) is 5.32 Å². The normalized spacial score (nSPS) is 10.7. The topological polar surface area (TPSA) is 90.7 Å². The van der Waals surface area contributed by atoms with Gasteiger partial charge in [0.1, 0.15) is 0 Å². The minimum absolute atomic E-state index is 0.235. The average Bonchev–Trinajstić information content (AvgIpc) is 2.64. The maximum absolute atomic E-state index is 12.0. The highest BCUT2D eigenvalue weighted by Gasteiger charge is 2.06. The Morgan fingerprint density at radius 2 is 1.82 bits per heavy atom. The first-order chi connectivity index (χ1) is 13.4. The summed E-state index contributed by atoms with van der Waals surface area (Å²) in [6, 6.07) is 10.3. The molecule has 0 aliphatic rings. The molecule has 2 aromatic rings. The van der Waals surface area contributed by atoms with E-state index in [9.17, 15) is 9.59 Å². The lowest BCUT2D eigenvalue weighted by molar-refractivity contribution is -0.120. The van der Waals surface area contributed by atoms with E-state index in [4.69, 9.17) is 38.4 Å². The van der Waals surface area contributed by atoms with Gasteiger partial charge in [-0.05, 0) is 54.0 Å². The zero-order valence-corrected chi connectivity index (χ0v) is 16.7. The number of carbonyl (C=O) groups is 2. The van der Waals surface area contributed by atoms with E-state index in [1.165, 1.54) is 13.2 Å². The van der Waals surface area contributed by atoms with Gasteiger partial charge in [-0.25, -0.2) is 0 Å². The van der Waals surface area contributed by atoms with E-state index < -0.39 is 5.91 Å². The Morgan fingerprint density at radius 3 is 2.46 bits per heavy atom. The summed E-state index contributed by atoms with van der Waals surface area (Å²) in [6.07, 6.45) is 3.68. The summed E-state index contributed by atoms with van der Waals surface area (Å²) < 4.78 is 10.5. The van der Waals surface area contributed by atoms with Crippen LogP contribution in [0.2, 0.25) is 10.0 Å². The maximum Gasteiger partial charge on any atom is 0.255 e. The van der Waals surface area contributed by atoms with Gasteiger partial charge in [0.2, 0.25) is 5.91 Å². The number of primary amides is 1. The number of ether oxygens (including phenoxy) is 2. The van der Waals surface area contributed by atoms with Crippen LogP contribution in [0.5, 0.6) is 11.5 Å². The molecule has 0 heterocycles. The lowest BCUT2D eigenvalue weighted by atomic mass is 10.1. The smallest absolute Gasteiger partial charge is 0.255 e. The monoisotopic (exact) mass is 422 g/mol. The van der Waals surface area contributed by atoms with Gasteiger partial charge in [-0.2, -0.15) is 0 Å². The van der Waals surface area contributed by atoms with Gasteiger partial charge in [0.25, 0.3) is 5.91 Å². The van der Waals surface area contributed by atoms with E-state index in [1.54, 1.807) is 30.3 Å². The van der Waals surface area contributed by atoms with Crippen LogP contribution >= 0.6 is 23.2 Å². The molecule has 148 valence electrons. The number of halogens is 2. The van der Waals surface area contributed by atoms with Gasteiger partial charge >= 0.3 is 0 Å². The molecule has 0 aromatic heterocycles. The first kappa shape index (κ1) is 21.6. The average molecular weight is 423 g/mol. The summed E-state index contributed by atoms with van der Waals surface area (Å²) in [5.41, 5.74) is 6.74. The maximum atomic E-state index is 12.0. The predicted octanol–water partition coefficient (Wildman–Crippen LogP) is 3.24. The third-order valence-electron chi connectivity index (χ3n) is 3.62. The van der Waals surface area contributed by atoms with Crippen LogP contribution in [0, 0.1) is 0 Å². The molecule has 0 spiro atoms. The number of amides is 2. The number of carbonyl (C=O) groups excluding carboxylic acids is 2. The van der Waals surface area contributed by atoms with Crippen molar-refractivity contribution in [3.05, 3.63) is 63.6 Å². The molecule has 0 radical (unpaired) electrons. The summed E-state index contributed by atoms with van der Waals surface area (Å²) in [6.45, 7) is 0.203. The van der Waals surface area contributed by atoms with E-state index in [-0.39, 0.29) is 12.5 Å². The zero-order valence-electron chi connectivity index (χ0n) is 15.2. The number of benzene rings is 2. The number of hydrogen-bond donors (Lipinski definition) is 2. The lowest BCUT2D eigenvalue weighted by Gasteiger charge is -2.10. The Bertz CT molecular complexity index is 864. The summed E-state index contributed by atoms with van der Waals surface area (Å²) in [5.74, 6) is 0.00798. The number of rotatable bonds is 9. The molecular formula is C20H20Cl2N2O4. The van der Waals surface area contributed by atoms with Crippen molar-refractivity contribution in [1.82, 2.24) is 5.32 Å². The molecule has 28 heavy (non-hydrogen) atoms. The number of nitrogens with two attached hydrogens (primary N) is 1. The second-order valence-electron chi connectivity index (χ2n) is 5.82. The zero-order chi connectivity index (χ0) is 20.5. The summed E-state index contributed by atoms with van der Waals surface area (Å²) in [7, 11) is 1.48. The van der Waals surface area contributed by atoms with Gasteiger partial charge < -0.3 is 20.5 Å². The highest BCUT2D eigenvalue weighted by Crippen LogP contribution is 2.28. The molecule has 6 nitrogen and oxygen atoms in total. The predicted molar refractivity (Wildman–Crippen MR) is 110 cm³/mol. The SMILES string of the molecule is COc1cc(/C=C/C(=O)NCCc2cc(Cl)cc(Cl)c2)ccc1OCC(N)=O. The van der Waals surface area contributed by atoms with Crippen LogP contribution in [0.25, 0.3) is 6.08 Å². The molecule has 0 fully saturated rings. The van der Waals surface area contributed by atoms with Crippen LogP contribution in [0.1, 0.15) is 11.1 Å². The molecule has 3 N–H and O–H groups in total. The molecule has 0 unspecified atom stereocenters. The Hall–Kier alpha value is -2.70. The van der Waals surface area contributed by atoms with Gasteiger partial charge in [-0.1, -0.05) is 29.3 Å². The van der Waals surface area contributed by atoms with Crippen LogP contribution in [0.4, 0.5) is 0 Å². The first-order valence-electron chi connectivity index (χ1n) is 8.37. The van der Waals surface area contributed by atoms with E-state index >= 15 is 0 Å². The Labute approximate surface area is 173 Å². The third kappa shape index (κ3) is 7.13. The second kappa shape index (κ2) is 10.6. The quantitative estimate of drug-likeness (QED) is 0.606. The van der Waals surface area contributed by atoms with Crippen molar-refractivity contribution in [3.63, 3.8) is 0 Å². The Kier molecular flexibility index (Phi) is 8.17. The van der Waals surface area contributed by atoms with Gasteiger partial charge in [-0.15, -0.1) is 0 Å². The van der Waals surface area contributed by atoms with Crippen LogP contribution < -0.4 is 20.5 Å². The van der Waals surface area contributed by atoms with E-state index in [0.717, 1.165) is 11.1 Å². The largest absolute Gasteiger partial charge is 0.493 e. The van der Waals surface area contributed by atoms with Crippen molar-refractivity contribution in [1.29, 1.82) is 0 Å². The molecule has 2 amide bonds. The van der Waals surface area contributed by atoms with Gasteiger partial charge in [0.05, 0.1) is 7.11 Å². The standard InChI is InChI=1S/C20H20Cl2N2O4/c1-27-18-10-13(2-4-17(18)28-12-19(23)25)3-5-20(26)24-7-6-14-8-15(21)11-16(22)9-14/h2-5,8-11H,6-7,12H2,1H3,(H2,23,25)(H,24,26)/b5-3+. The number of methoxy groups -OCH3 is 1. The van der Waals surface area contributed by atoms with Gasteiger partial charge in [-0.3, -0.25) is 9.59 Å². The van der Waals surface area contributed by atoms with Crippen molar-refractivity contribution in [2.45, 2.75) is 6.42 Å². The molecule has 0 atom stereocenters. The molecule has 2 rings (SSSR count). The highest BCUT2D eigenvalue weighted by atomic mass is 35.5. The lowest BCUT2D eigenvalue weighted by Crippen LogP contribution is -2.23. The fraction of sp³-hybridized carbons (Fsp3) is 0.200. The highest BCUT2D eigenvalue weighted by molar-refractivity contribution is 6.34. The van der Waals surface area contributed by atoms with Gasteiger partial charge in [0.15, 0.2) is 18.1 Å². The van der Waals surface area contributed by atoms with Crippen LogP contribution in [0.15, 0.2) is 42.5 Å². The van der Waals surface area contributed by atoms with E-state index in [0.29, 0.717) is 34.5 Å². The fourth-order valence-corrected chi connectivity index (χ4v) is 2.94. The van der Waals surface area contributed by atoms with Crippen molar-refractivity contribution < 1.29 is 19.1 Å². The minimum atomic E-state index is -0.581. The first-order valence-corrected chi connectivity index (χ1v) is 9.13. The fourth-order valence-electron chi connectivity index (χ4n) is 2.37. The van der Waals surface area contributed by atoms with Gasteiger partial charge in [0, 0.05) is 22.7 Å². The van der Waals surface area contributed by atoms with Crippen LogP contribution in [-0.4, -0.2) is 32.1 Å². The van der Waals surface area contributed by atoms with Crippen LogP contribution in [-0.2, 0) is 16.0 Å². The summed E-state index contributed by atoms with van der Waals surface area (Å²) >= 11 is 11.9. The molecule has 0 bridgehead atoms. The Morgan fingerprint density at radius 1 is 1.11 bits per heavy atom. The van der Waals surface area contributed by atoms with Crippen molar-refractivity contribution in [2.75, 3.05) is 20.3 Å². The minimum Gasteiger partial charge on any atom is -0.493 e. The molecule has 0 aliphatic heterocycles. The molecule has 0 aliphatic carbocycles. The van der Waals surface area contributed by atoms with Crippen molar-refractivity contribution in [2.24, 2.45) is 5.73 Å². The molecule has 0 saturated carbocycles.